The summed E-state index contributed by atoms with van der Waals surface area (Å²) in [6.45, 7) is 2.18. The maximum atomic E-state index is 8.80. The zero-order chi connectivity index (χ0) is 9.68. The van der Waals surface area contributed by atoms with Gasteiger partial charge >= 0.3 is 0 Å². The monoisotopic (exact) mass is 198 g/mol. The number of pyridine rings is 1. The van der Waals surface area contributed by atoms with Crippen LogP contribution < -0.4 is 5.73 Å². The van der Waals surface area contributed by atoms with E-state index in [1.807, 2.05) is 19.1 Å². The molecule has 0 bridgehead atoms. The highest BCUT2D eigenvalue weighted by Gasteiger charge is 2.01. The molecule has 1 rings (SSSR count). The highest BCUT2D eigenvalue weighted by atomic mass is 32.2. The highest BCUT2D eigenvalue weighted by Crippen LogP contribution is 2.16. The molecule has 3 N–H and O–H groups in total. The van der Waals surface area contributed by atoms with Crippen LogP contribution in [-0.4, -0.2) is 21.9 Å². The van der Waals surface area contributed by atoms with Gasteiger partial charge in [0.1, 0.15) is 5.82 Å². The van der Waals surface area contributed by atoms with E-state index in [4.69, 9.17) is 10.8 Å². The first-order valence-corrected chi connectivity index (χ1v) is 5.21. The van der Waals surface area contributed by atoms with Crippen LogP contribution in [0.1, 0.15) is 12.6 Å². The first-order valence-electron chi connectivity index (χ1n) is 4.16. The second kappa shape index (κ2) is 5.09. The molecule has 0 spiro atoms. The molecule has 1 aromatic rings. The minimum absolute atomic E-state index is 0.201. The number of nitrogens with zero attached hydrogens (tertiary/aromatic N) is 1. The van der Waals surface area contributed by atoms with Crippen LogP contribution in [0, 0.1) is 0 Å². The van der Waals surface area contributed by atoms with E-state index in [1.54, 1.807) is 17.8 Å². The van der Waals surface area contributed by atoms with Gasteiger partial charge in [-0.2, -0.15) is 11.8 Å². The molecular formula is C9H14N2OS. The van der Waals surface area contributed by atoms with Crippen LogP contribution in [0.3, 0.4) is 0 Å². The Balaban J connectivity index is 2.45. The Kier molecular flexibility index (Phi) is 4.05. The van der Waals surface area contributed by atoms with E-state index < -0.39 is 0 Å². The van der Waals surface area contributed by atoms with Crippen LogP contribution in [-0.2, 0) is 5.75 Å². The summed E-state index contributed by atoms with van der Waals surface area (Å²) in [6.07, 6.45) is 0. The maximum Gasteiger partial charge on any atom is 0.123 e. The van der Waals surface area contributed by atoms with Crippen LogP contribution in [0.15, 0.2) is 18.2 Å². The fourth-order valence-corrected chi connectivity index (χ4v) is 1.58. The molecule has 0 saturated heterocycles. The number of thioether (sulfide) groups is 1. The van der Waals surface area contributed by atoms with Crippen LogP contribution in [0.5, 0.6) is 0 Å². The number of aliphatic hydroxyl groups is 1. The lowest BCUT2D eigenvalue weighted by molar-refractivity contribution is 0.300. The summed E-state index contributed by atoms with van der Waals surface area (Å²) in [6, 6.07) is 5.60. The third-order valence-electron chi connectivity index (χ3n) is 1.60. The van der Waals surface area contributed by atoms with E-state index in [9.17, 15) is 0 Å². The molecule has 0 radical (unpaired) electrons. The van der Waals surface area contributed by atoms with Gasteiger partial charge in [0.05, 0.1) is 12.3 Å². The van der Waals surface area contributed by atoms with Crippen molar-refractivity contribution in [3.05, 3.63) is 23.9 Å². The number of aliphatic hydroxyl groups excluding tert-OH is 1. The summed E-state index contributed by atoms with van der Waals surface area (Å²) in [5, 5.41) is 9.05. The molecule has 0 amide bonds. The summed E-state index contributed by atoms with van der Waals surface area (Å²) >= 11 is 1.67. The SMILES string of the molecule is CC(CO)SCc1cccc(N)n1. The Labute approximate surface area is 82.4 Å². The van der Waals surface area contributed by atoms with Gasteiger partial charge in [0, 0.05) is 11.0 Å². The molecule has 13 heavy (non-hydrogen) atoms. The maximum absolute atomic E-state index is 8.80. The van der Waals surface area contributed by atoms with Gasteiger partial charge in [0.2, 0.25) is 0 Å². The first-order chi connectivity index (χ1) is 6.22. The zero-order valence-electron chi connectivity index (χ0n) is 7.60. The molecule has 1 heterocycles. The largest absolute Gasteiger partial charge is 0.395 e. The van der Waals surface area contributed by atoms with Gasteiger partial charge in [-0.3, -0.25) is 0 Å². The van der Waals surface area contributed by atoms with Crippen molar-refractivity contribution in [3.63, 3.8) is 0 Å². The molecule has 0 fully saturated rings. The average molecular weight is 198 g/mol. The molecule has 1 unspecified atom stereocenters. The minimum atomic E-state index is 0.201. The normalized spacial score (nSPS) is 12.8. The quantitative estimate of drug-likeness (QED) is 0.765. The molecule has 0 aliphatic heterocycles. The summed E-state index contributed by atoms with van der Waals surface area (Å²) in [4.78, 5) is 4.15. The molecule has 3 nitrogen and oxygen atoms in total. The number of anilines is 1. The van der Waals surface area contributed by atoms with Gasteiger partial charge in [-0.25, -0.2) is 4.98 Å². The number of rotatable bonds is 4. The topological polar surface area (TPSA) is 59.1 Å². The molecule has 0 aliphatic rings. The van der Waals surface area contributed by atoms with Gasteiger partial charge < -0.3 is 10.8 Å². The van der Waals surface area contributed by atoms with E-state index in [1.165, 1.54) is 0 Å². The van der Waals surface area contributed by atoms with Crippen molar-refractivity contribution in [1.82, 2.24) is 4.98 Å². The van der Waals surface area contributed by atoms with Gasteiger partial charge in [0.25, 0.3) is 0 Å². The predicted molar refractivity (Wildman–Crippen MR) is 56.5 cm³/mol. The van der Waals surface area contributed by atoms with Gasteiger partial charge in [-0.15, -0.1) is 0 Å². The standard InChI is InChI=1S/C9H14N2OS/c1-7(5-12)13-6-8-3-2-4-9(10)11-8/h2-4,7,12H,5-6H2,1H3,(H2,10,11). The molecule has 1 atom stereocenters. The van der Waals surface area contributed by atoms with Crippen LogP contribution in [0.4, 0.5) is 5.82 Å². The fraction of sp³-hybridized carbons (Fsp3) is 0.444. The smallest absolute Gasteiger partial charge is 0.123 e. The molecular weight excluding hydrogens is 184 g/mol. The lowest BCUT2D eigenvalue weighted by Gasteiger charge is -2.06. The lowest BCUT2D eigenvalue weighted by atomic mass is 10.4. The third-order valence-corrected chi connectivity index (χ3v) is 2.78. The summed E-state index contributed by atoms with van der Waals surface area (Å²) in [5.74, 6) is 1.35. The highest BCUT2D eigenvalue weighted by molar-refractivity contribution is 7.99. The predicted octanol–water partition coefficient (Wildman–Crippen LogP) is 1.28. The van der Waals surface area contributed by atoms with Crippen LogP contribution in [0.25, 0.3) is 0 Å². The number of nitrogen functional groups attached to an aromatic ring is 1. The van der Waals surface area contributed by atoms with E-state index in [0.29, 0.717) is 5.82 Å². The Hall–Kier alpha value is -0.740. The summed E-state index contributed by atoms with van der Waals surface area (Å²) < 4.78 is 0. The number of aromatic nitrogens is 1. The second-order valence-corrected chi connectivity index (χ2v) is 4.28. The fourth-order valence-electron chi connectivity index (χ4n) is 0.859. The van der Waals surface area contributed by atoms with Crippen molar-refractivity contribution in [1.29, 1.82) is 0 Å². The minimum Gasteiger partial charge on any atom is -0.395 e. The Morgan fingerprint density at radius 1 is 1.62 bits per heavy atom. The van der Waals surface area contributed by atoms with Crippen molar-refractivity contribution in [2.24, 2.45) is 0 Å². The average Bonchev–Trinajstić information content (AvgIpc) is 2.14. The van der Waals surface area contributed by atoms with Crippen LogP contribution >= 0.6 is 11.8 Å². The van der Waals surface area contributed by atoms with Crippen molar-refractivity contribution in [2.45, 2.75) is 17.9 Å². The Bertz CT molecular complexity index is 268. The van der Waals surface area contributed by atoms with Crippen molar-refractivity contribution in [3.8, 4) is 0 Å². The first kappa shape index (κ1) is 10.3. The Morgan fingerprint density at radius 2 is 2.38 bits per heavy atom. The van der Waals surface area contributed by atoms with Gasteiger partial charge in [-0.05, 0) is 12.1 Å². The zero-order valence-corrected chi connectivity index (χ0v) is 8.42. The number of hydrogen-bond acceptors (Lipinski definition) is 4. The van der Waals surface area contributed by atoms with E-state index >= 15 is 0 Å². The molecule has 0 aliphatic carbocycles. The summed E-state index contributed by atoms with van der Waals surface area (Å²) in [5.41, 5.74) is 6.49. The summed E-state index contributed by atoms with van der Waals surface area (Å²) in [7, 11) is 0. The third kappa shape index (κ3) is 3.65. The molecule has 1 aromatic heterocycles. The number of nitrogens with two attached hydrogens (primary N) is 1. The molecule has 72 valence electrons. The Morgan fingerprint density at radius 3 is 3.00 bits per heavy atom. The molecule has 4 heteroatoms. The second-order valence-electron chi connectivity index (χ2n) is 2.86. The van der Waals surface area contributed by atoms with E-state index in [2.05, 4.69) is 4.98 Å². The molecule has 0 aromatic carbocycles. The van der Waals surface area contributed by atoms with E-state index in [-0.39, 0.29) is 11.9 Å². The van der Waals surface area contributed by atoms with Gasteiger partial charge in [0.15, 0.2) is 0 Å². The van der Waals surface area contributed by atoms with Gasteiger partial charge in [-0.1, -0.05) is 13.0 Å². The van der Waals surface area contributed by atoms with Crippen LogP contribution in [0.2, 0.25) is 0 Å². The lowest BCUT2D eigenvalue weighted by Crippen LogP contribution is -2.03. The number of hydrogen-bond donors (Lipinski definition) is 2. The van der Waals surface area contributed by atoms with E-state index in [0.717, 1.165) is 11.4 Å². The molecule has 0 saturated carbocycles. The van der Waals surface area contributed by atoms with Crippen molar-refractivity contribution < 1.29 is 5.11 Å². The van der Waals surface area contributed by atoms with Crippen molar-refractivity contribution in [2.75, 3.05) is 12.3 Å². The van der Waals surface area contributed by atoms with Crippen molar-refractivity contribution >= 4 is 17.6 Å².